The molecule has 1 aromatic carbocycles. The molecule has 0 atom stereocenters. The Bertz CT molecular complexity index is 703. The summed E-state index contributed by atoms with van der Waals surface area (Å²) in [6.45, 7) is 0.598. The summed E-state index contributed by atoms with van der Waals surface area (Å²) < 4.78 is 0. The molecular formula is C13H14N6O. The molecule has 0 fully saturated rings. The summed E-state index contributed by atoms with van der Waals surface area (Å²) in [5, 5.41) is 17.2. The van der Waals surface area contributed by atoms with Gasteiger partial charge in [-0.05, 0) is 18.6 Å². The largest absolute Gasteiger partial charge is 0.352 e. The Hall–Kier alpha value is -2.70. The van der Waals surface area contributed by atoms with E-state index in [4.69, 9.17) is 0 Å². The van der Waals surface area contributed by atoms with E-state index in [2.05, 4.69) is 30.7 Å². The number of nitrogens with one attached hydrogen (secondary N) is 3. The van der Waals surface area contributed by atoms with Gasteiger partial charge in [-0.3, -0.25) is 15.0 Å². The molecule has 7 heteroatoms. The Kier molecular flexibility index (Phi) is 3.40. The maximum absolute atomic E-state index is 12.0. The van der Waals surface area contributed by atoms with E-state index in [0.29, 0.717) is 12.1 Å². The maximum Gasteiger partial charge on any atom is 0.251 e. The number of carbonyl (C=O) groups excluding carboxylic acids is 1. The van der Waals surface area contributed by atoms with Crippen molar-refractivity contribution in [3.05, 3.63) is 42.1 Å². The second-order valence-electron chi connectivity index (χ2n) is 4.46. The van der Waals surface area contributed by atoms with Crippen molar-refractivity contribution in [1.82, 2.24) is 30.7 Å². The molecule has 0 radical (unpaired) electrons. The van der Waals surface area contributed by atoms with E-state index >= 15 is 0 Å². The summed E-state index contributed by atoms with van der Waals surface area (Å²) in [5.74, 6) is 0.747. The average molecular weight is 270 g/mol. The molecule has 0 aliphatic carbocycles. The molecule has 0 spiro atoms. The van der Waals surface area contributed by atoms with E-state index in [1.807, 2.05) is 6.07 Å². The number of benzene rings is 1. The molecule has 3 aromatic rings. The molecule has 2 heterocycles. The second kappa shape index (κ2) is 5.52. The van der Waals surface area contributed by atoms with E-state index < -0.39 is 0 Å². The molecule has 0 aliphatic heterocycles. The smallest absolute Gasteiger partial charge is 0.251 e. The zero-order chi connectivity index (χ0) is 13.8. The van der Waals surface area contributed by atoms with Crippen molar-refractivity contribution >= 4 is 16.8 Å². The number of hydrogen-bond donors (Lipinski definition) is 3. The standard InChI is InChI=1S/C13H14N6O/c20-13(14-5-1-2-12-15-8-17-19-12)9-3-4-10-7-16-18-11(10)6-9/h3-4,6-8H,1-2,5H2,(H,14,20)(H,16,18)(H,15,17,19). The predicted octanol–water partition coefficient (Wildman–Crippen LogP) is 1.04. The van der Waals surface area contributed by atoms with Crippen LogP contribution in [0.4, 0.5) is 0 Å². The third-order valence-electron chi connectivity index (χ3n) is 3.04. The van der Waals surface area contributed by atoms with E-state index in [9.17, 15) is 4.79 Å². The molecule has 0 saturated heterocycles. The highest BCUT2D eigenvalue weighted by molar-refractivity contribution is 5.97. The summed E-state index contributed by atoms with van der Waals surface area (Å²) in [4.78, 5) is 16.0. The summed E-state index contributed by atoms with van der Waals surface area (Å²) in [5.41, 5.74) is 1.49. The fraction of sp³-hybridized carbons (Fsp3) is 0.231. The van der Waals surface area contributed by atoms with Crippen LogP contribution in [-0.4, -0.2) is 37.8 Å². The first kappa shape index (κ1) is 12.3. The minimum Gasteiger partial charge on any atom is -0.352 e. The van der Waals surface area contributed by atoms with Gasteiger partial charge < -0.3 is 5.32 Å². The van der Waals surface area contributed by atoms with Gasteiger partial charge in [0.05, 0.1) is 11.7 Å². The van der Waals surface area contributed by atoms with Crippen molar-refractivity contribution in [2.75, 3.05) is 6.54 Å². The van der Waals surface area contributed by atoms with Gasteiger partial charge in [0.2, 0.25) is 0 Å². The molecule has 3 rings (SSSR count). The van der Waals surface area contributed by atoms with Gasteiger partial charge in [-0.1, -0.05) is 6.07 Å². The molecule has 1 amide bonds. The lowest BCUT2D eigenvalue weighted by Gasteiger charge is -2.04. The Morgan fingerprint density at radius 2 is 2.20 bits per heavy atom. The fourth-order valence-electron chi connectivity index (χ4n) is 1.99. The zero-order valence-corrected chi connectivity index (χ0v) is 10.8. The number of rotatable bonds is 5. The molecule has 0 unspecified atom stereocenters. The van der Waals surface area contributed by atoms with Crippen molar-refractivity contribution in [2.45, 2.75) is 12.8 Å². The van der Waals surface area contributed by atoms with Gasteiger partial charge in [-0.2, -0.15) is 10.2 Å². The van der Waals surface area contributed by atoms with Crippen LogP contribution >= 0.6 is 0 Å². The first-order valence-corrected chi connectivity index (χ1v) is 6.38. The van der Waals surface area contributed by atoms with E-state index in [1.165, 1.54) is 6.33 Å². The minimum atomic E-state index is -0.0842. The van der Waals surface area contributed by atoms with Crippen molar-refractivity contribution in [3.8, 4) is 0 Å². The van der Waals surface area contributed by atoms with Crippen LogP contribution in [0.1, 0.15) is 22.6 Å². The highest BCUT2D eigenvalue weighted by Gasteiger charge is 2.06. The van der Waals surface area contributed by atoms with Crippen molar-refractivity contribution in [3.63, 3.8) is 0 Å². The lowest BCUT2D eigenvalue weighted by Crippen LogP contribution is -2.24. The van der Waals surface area contributed by atoms with Gasteiger partial charge in [0.1, 0.15) is 12.2 Å². The van der Waals surface area contributed by atoms with Crippen LogP contribution in [0.3, 0.4) is 0 Å². The highest BCUT2D eigenvalue weighted by Crippen LogP contribution is 2.12. The zero-order valence-electron chi connectivity index (χ0n) is 10.8. The van der Waals surface area contributed by atoms with Crippen LogP contribution < -0.4 is 5.32 Å². The number of nitrogens with zero attached hydrogens (tertiary/aromatic N) is 3. The fourth-order valence-corrected chi connectivity index (χ4v) is 1.99. The van der Waals surface area contributed by atoms with E-state index in [0.717, 1.165) is 29.6 Å². The van der Waals surface area contributed by atoms with Gasteiger partial charge in [0.25, 0.3) is 5.91 Å². The molecule has 0 bridgehead atoms. The molecule has 7 nitrogen and oxygen atoms in total. The lowest BCUT2D eigenvalue weighted by molar-refractivity contribution is 0.0953. The Balaban J connectivity index is 1.53. The maximum atomic E-state index is 12.0. The number of fused-ring (bicyclic) bond motifs is 1. The Morgan fingerprint density at radius 1 is 1.25 bits per heavy atom. The average Bonchev–Trinajstić information content (AvgIpc) is 3.13. The topological polar surface area (TPSA) is 99.3 Å². The lowest BCUT2D eigenvalue weighted by atomic mass is 10.1. The summed E-state index contributed by atoms with van der Waals surface area (Å²) in [6, 6.07) is 5.47. The van der Waals surface area contributed by atoms with Crippen LogP contribution in [0, 0.1) is 0 Å². The quantitative estimate of drug-likeness (QED) is 0.603. The summed E-state index contributed by atoms with van der Waals surface area (Å²) in [7, 11) is 0. The third kappa shape index (κ3) is 2.66. The molecule has 20 heavy (non-hydrogen) atoms. The van der Waals surface area contributed by atoms with Gasteiger partial charge in [-0.25, -0.2) is 4.98 Å². The molecule has 0 saturated carbocycles. The third-order valence-corrected chi connectivity index (χ3v) is 3.04. The van der Waals surface area contributed by atoms with Crippen molar-refractivity contribution in [2.24, 2.45) is 0 Å². The first-order chi connectivity index (χ1) is 9.83. The molecule has 3 N–H and O–H groups in total. The molecular weight excluding hydrogens is 256 g/mol. The highest BCUT2D eigenvalue weighted by atomic mass is 16.1. The number of carbonyl (C=O) groups is 1. The molecule has 102 valence electrons. The van der Waals surface area contributed by atoms with Crippen LogP contribution in [0.15, 0.2) is 30.7 Å². The van der Waals surface area contributed by atoms with Crippen LogP contribution in [-0.2, 0) is 6.42 Å². The normalized spacial score (nSPS) is 10.8. The predicted molar refractivity (Wildman–Crippen MR) is 73.1 cm³/mol. The number of H-pyrrole nitrogens is 2. The minimum absolute atomic E-state index is 0.0842. The van der Waals surface area contributed by atoms with Gasteiger partial charge in [0.15, 0.2) is 0 Å². The second-order valence-corrected chi connectivity index (χ2v) is 4.46. The van der Waals surface area contributed by atoms with Crippen LogP contribution in [0.25, 0.3) is 10.9 Å². The van der Waals surface area contributed by atoms with E-state index in [1.54, 1.807) is 18.3 Å². The van der Waals surface area contributed by atoms with Gasteiger partial charge >= 0.3 is 0 Å². The number of aromatic nitrogens is 5. The Morgan fingerprint density at radius 3 is 3.05 bits per heavy atom. The van der Waals surface area contributed by atoms with Gasteiger partial charge in [0, 0.05) is 23.9 Å². The van der Waals surface area contributed by atoms with E-state index in [-0.39, 0.29) is 5.91 Å². The number of aryl methyl sites for hydroxylation is 1. The number of aromatic amines is 2. The van der Waals surface area contributed by atoms with Crippen molar-refractivity contribution in [1.29, 1.82) is 0 Å². The van der Waals surface area contributed by atoms with Crippen LogP contribution in [0.5, 0.6) is 0 Å². The summed E-state index contributed by atoms with van der Waals surface area (Å²) in [6.07, 6.45) is 4.79. The SMILES string of the molecule is O=C(NCCCc1ncn[nH]1)c1ccc2cn[nH]c2c1. The van der Waals surface area contributed by atoms with Crippen LogP contribution in [0.2, 0.25) is 0 Å². The first-order valence-electron chi connectivity index (χ1n) is 6.38. The molecule has 0 aliphatic rings. The molecule has 2 aromatic heterocycles. The van der Waals surface area contributed by atoms with Crippen molar-refractivity contribution < 1.29 is 4.79 Å². The monoisotopic (exact) mass is 270 g/mol. The Labute approximate surface area is 114 Å². The number of hydrogen-bond acceptors (Lipinski definition) is 4. The summed E-state index contributed by atoms with van der Waals surface area (Å²) >= 11 is 0. The van der Waals surface area contributed by atoms with Gasteiger partial charge in [-0.15, -0.1) is 0 Å². The number of amides is 1.